The molecule has 1 N–H and O–H groups in total. The summed E-state index contributed by atoms with van der Waals surface area (Å²) in [4.78, 5) is 16.0. The SMILES string of the molecule is COc1cnccc1C(=O)NCC1CCCCC1Cl. The molecule has 0 aliphatic heterocycles. The maximum absolute atomic E-state index is 12.1. The van der Waals surface area contributed by atoms with Gasteiger partial charge in [0.05, 0.1) is 18.9 Å². The fourth-order valence-corrected chi connectivity index (χ4v) is 2.81. The molecule has 1 aliphatic rings. The first-order valence-electron chi connectivity index (χ1n) is 6.62. The van der Waals surface area contributed by atoms with Crippen LogP contribution >= 0.6 is 11.6 Å². The van der Waals surface area contributed by atoms with Crippen LogP contribution in [0.3, 0.4) is 0 Å². The van der Waals surface area contributed by atoms with Gasteiger partial charge in [-0.15, -0.1) is 11.6 Å². The smallest absolute Gasteiger partial charge is 0.255 e. The number of carbonyl (C=O) groups is 1. The van der Waals surface area contributed by atoms with Gasteiger partial charge in [0.15, 0.2) is 0 Å². The maximum atomic E-state index is 12.1. The van der Waals surface area contributed by atoms with Crippen LogP contribution in [0.4, 0.5) is 0 Å². The van der Waals surface area contributed by atoms with E-state index in [1.54, 1.807) is 18.5 Å². The lowest BCUT2D eigenvalue weighted by atomic mass is 9.88. The summed E-state index contributed by atoms with van der Waals surface area (Å²) < 4.78 is 5.13. The van der Waals surface area contributed by atoms with E-state index in [0.717, 1.165) is 12.8 Å². The van der Waals surface area contributed by atoms with Gasteiger partial charge in [-0.05, 0) is 24.8 Å². The minimum atomic E-state index is -0.131. The van der Waals surface area contributed by atoms with E-state index in [4.69, 9.17) is 16.3 Å². The number of nitrogens with one attached hydrogen (secondary N) is 1. The number of hydrogen-bond acceptors (Lipinski definition) is 3. The molecule has 4 nitrogen and oxygen atoms in total. The number of ether oxygens (including phenoxy) is 1. The van der Waals surface area contributed by atoms with Gasteiger partial charge in [0.1, 0.15) is 5.75 Å². The molecular formula is C14H19ClN2O2. The Bertz CT molecular complexity index is 439. The molecule has 2 unspecified atom stereocenters. The Kier molecular flexibility index (Phi) is 5.02. The molecule has 1 aliphatic carbocycles. The van der Waals surface area contributed by atoms with Crippen LogP contribution in [0, 0.1) is 5.92 Å². The molecule has 2 rings (SSSR count). The van der Waals surface area contributed by atoms with Crippen molar-refractivity contribution in [1.82, 2.24) is 10.3 Å². The van der Waals surface area contributed by atoms with Crippen LogP contribution in [0.25, 0.3) is 0 Å². The van der Waals surface area contributed by atoms with E-state index in [1.807, 2.05) is 0 Å². The van der Waals surface area contributed by atoms with Gasteiger partial charge in [0.2, 0.25) is 0 Å². The number of hydrogen-bond donors (Lipinski definition) is 1. The van der Waals surface area contributed by atoms with Crippen LogP contribution in [0.1, 0.15) is 36.0 Å². The summed E-state index contributed by atoms with van der Waals surface area (Å²) in [6.45, 7) is 0.623. The molecule has 0 radical (unpaired) electrons. The second-order valence-electron chi connectivity index (χ2n) is 4.85. The van der Waals surface area contributed by atoms with Crippen LogP contribution < -0.4 is 10.1 Å². The van der Waals surface area contributed by atoms with Crippen LogP contribution in [0.15, 0.2) is 18.5 Å². The molecule has 1 saturated carbocycles. The van der Waals surface area contributed by atoms with E-state index in [2.05, 4.69) is 10.3 Å². The maximum Gasteiger partial charge on any atom is 0.255 e. The van der Waals surface area contributed by atoms with Gasteiger partial charge in [-0.3, -0.25) is 9.78 Å². The molecule has 0 bridgehead atoms. The van der Waals surface area contributed by atoms with Gasteiger partial charge in [0.25, 0.3) is 5.91 Å². The number of amides is 1. The van der Waals surface area contributed by atoms with E-state index in [9.17, 15) is 4.79 Å². The van der Waals surface area contributed by atoms with Gasteiger partial charge in [-0.1, -0.05) is 12.8 Å². The molecule has 1 amide bonds. The minimum absolute atomic E-state index is 0.131. The van der Waals surface area contributed by atoms with Gasteiger partial charge in [-0.2, -0.15) is 0 Å². The third kappa shape index (κ3) is 3.60. The van der Waals surface area contributed by atoms with Crippen molar-refractivity contribution >= 4 is 17.5 Å². The Hall–Kier alpha value is -1.29. The predicted octanol–water partition coefficient (Wildman–Crippen LogP) is 2.62. The average molecular weight is 283 g/mol. The number of carbonyl (C=O) groups excluding carboxylic acids is 1. The first kappa shape index (κ1) is 14.1. The van der Waals surface area contributed by atoms with Crippen molar-refractivity contribution in [3.63, 3.8) is 0 Å². The number of rotatable bonds is 4. The summed E-state index contributed by atoms with van der Waals surface area (Å²) in [5.74, 6) is 0.729. The highest BCUT2D eigenvalue weighted by Crippen LogP contribution is 2.28. The number of alkyl halides is 1. The van der Waals surface area contributed by atoms with E-state index >= 15 is 0 Å². The lowest BCUT2D eigenvalue weighted by Crippen LogP contribution is -2.34. The van der Waals surface area contributed by atoms with E-state index in [0.29, 0.717) is 23.8 Å². The Morgan fingerprint density at radius 3 is 3.05 bits per heavy atom. The molecule has 104 valence electrons. The topological polar surface area (TPSA) is 51.2 Å². The van der Waals surface area contributed by atoms with Crippen molar-refractivity contribution in [3.05, 3.63) is 24.0 Å². The summed E-state index contributed by atoms with van der Waals surface area (Å²) in [5, 5.41) is 3.12. The Morgan fingerprint density at radius 2 is 2.32 bits per heavy atom. The lowest BCUT2D eigenvalue weighted by molar-refractivity contribution is 0.0941. The number of methoxy groups -OCH3 is 1. The quantitative estimate of drug-likeness (QED) is 0.864. The first-order valence-corrected chi connectivity index (χ1v) is 7.06. The Labute approximate surface area is 118 Å². The van der Waals surface area contributed by atoms with Crippen LogP contribution in [-0.2, 0) is 0 Å². The van der Waals surface area contributed by atoms with Crippen LogP contribution in [0.2, 0.25) is 0 Å². The number of nitrogens with zero attached hydrogens (tertiary/aromatic N) is 1. The van der Waals surface area contributed by atoms with Crippen molar-refractivity contribution in [2.24, 2.45) is 5.92 Å². The van der Waals surface area contributed by atoms with Crippen molar-refractivity contribution < 1.29 is 9.53 Å². The fraction of sp³-hybridized carbons (Fsp3) is 0.571. The molecule has 0 saturated heterocycles. The zero-order valence-corrected chi connectivity index (χ0v) is 11.8. The van der Waals surface area contributed by atoms with Crippen molar-refractivity contribution in [3.8, 4) is 5.75 Å². The van der Waals surface area contributed by atoms with Gasteiger partial charge in [0, 0.05) is 18.1 Å². The second-order valence-corrected chi connectivity index (χ2v) is 5.41. The highest BCUT2D eigenvalue weighted by molar-refractivity contribution is 6.20. The minimum Gasteiger partial charge on any atom is -0.494 e. The average Bonchev–Trinajstić information content (AvgIpc) is 2.46. The van der Waals surface area contributed by atoms with E-state index in [-0.39, 0.29) is 11.3 Å². The predicted molar refractivity (Wildman–Crippen MR) is 74.7 cm³/mol. The van der Waals surface area contributed by atoms with Crippen molar-refractivity contribution in [2.75, 3.05) is 13.7 Å². The third-order valence-electron chi connectivity index (χ3n) is 3.59. The highest BCUT2D eigenvalue weighted by atomic mass is 35.5. The zero-order chi connectivity index (χ0) is 13.7. The van der Waals surface area contributed by atoms with Crippen molar-refractivity contribution in [1.29, 1.82) is 0 Å². The number of pyridine rings is 1. The molecule has 5 heteroatoms. The standard InChI is InChI=1S/C14H19ClN2O2/c1-19-13-9-16-7-6-11(13)14(18)17-8-10-4-2-3-5-12(10)15/h6-7,9-10,12H,2-5,8H2,1H3,(H,17,18). The molecule has 0 spiro atoms. The Morgan fingerprint density at radius 1 is 1.53 bits per heavy atom. The lowest BCUT2D eigenvalue weighted by Gasteiger charge is -2.27. The summed E-state index contributed by atoms with van der Waals surface area (Å²) in [6.07, 6.45) is 7.64. The molecule has 1 heterocycles. The summed E-state index contributed by atoms with van der Waals surface area (Å²) >= 11 is 6.28. The van der Waals surface area contributed by atoms with Crippen LogP contribution in [-0.4, -0.2) is 29.9 Å². The van der Waals surface area contributed by atoms with Gasteiger partial charge < -0.3 is 10.1 Å². The number of halogens is 1. The molecule has 19 heavy (non-hydrogen) atoms. The summed E-state index contributed by atoms with van der Waals surface area (Å²) in [6, 6.07) is 1.66. The fourth-order valence-electron chi connectivity index (χ4n) is 2.44. The third-order valence-corrected chi connectivity index (χ3v) is 4.16. The van der Waals surface area contributed by atoms with E-state index in [1.165, 1.54) is 20.0 Å². The molecular weight excluding hydrogens is 264 g/mol. The summed E-state index contributed by atoms with van der Waals surface area (Å²) in [7, 11) is 1.53. The van der Waals surface area contributed by atoms with Crippen LogP contribution in [0.5, 0.6) is 5.75 Å². The monoisotopic (exact) mass is 282 g/mol. The highest BCUT2D eigenvalue weighted by Gasteiger charge is 2.24. The molecule has 0 aromatic carbocycles. The first-order chi connectivity index (χ1) is 9.22. The summed E-state index contributed by atoms with van der Waals surface area (Å²) in [5.41, 5.74) is 0.513. The zero-order valence-electron chi connectivity index (χ0n) is 11.1. The normalized spacial score (nSPS) is 22.8. The van der Waals surface area contributed by atoms with E-state index < -0.39 is 0 Å². The van der Waals surface area contributed by atoms with Gasteiger partial charge in [-0.25, -0.2) is 0 Å². The number of aromatic nitrogens is 1. The molecule has 2 atom stereocenters. The molecule has 1 aromatic heterocycles. The molecule has 1 aromatic rings. The second kappa shape index (κ2) is 6.75. The van der Waals surface area contributed by atoms with Gasteiger partial charge >= 0.3 is 0 Å². The largest absolute Gasteiger partial charge is 0.494 e. The molecule has 1 fully saturated rings. The Balaban J connectivity index is 1.93. The van der Waals surface area contributed by atoms with Crippen molar-refractivity contribution in [2.45, 2.75) is 31.1 Å².